The number of fused-ring (bicyclic) bond motifs is 3. The summed E-state index contributed by atoms with van der Waals surface area (Å²) < 4.78 is 14.4. The molecule has 1 aliphatic rings. The van der Waals surface area contributed by atoms with E-state index in [1.54, 1.807) is 6.07 Å². The molecule has 0 amide bonds. The molecule has 1 aliphatic carbocycles. The van der Waals surface area contributed by atoms with Crippen molar-refractivity contribution in [2.75, 3.05) is 11.6 Å². The maximum Gasteiger partial charge on any atom is 0.209 e. The Hall–Kier alpha value is -2.34. The van der Waals surface area contributed by atoms with Gasteiger partial charge in [-0.1, -0.05) is 29.6 Å². The van der Waals surface area contributed by atoms with Gasteiger partial charge in [0.2, 0.25) is 5.13 Å². The lowest BCUT2D eigenvalue weighted by Gasteiger charge is -2.21. The fourth-order valence-electron chi connectivity index (χ4n) is 3.20. The van der Waals surface area contributed by atoms with Gasteiger partial charge >= 0.3 is 0 Å². The molecule has 0 saturated carbocycles. The summed E-state index contributed by atoms with van der Waals surface area (Å²) in [5.41, 5.74) is 0.811. The minimum absolute atomic E-state index is 0.256. The molecule has 3 aromatic rings. The Balaban J connectivity index is 1.71. The van der Waals surface area contributed by atoms with Crippen molar-refractivity contribution in [1.29, 1.82) is 0 Å². The monoisotopic (exact) mass is 341 g/mol. The Morgan fingerprint density at radius 3 is 3.00 bits per heavy atom. The fraction of sp³-hybridized carbons (Fsp3) is 0.278. The molecule has 0 aliphatic heterocycles. The Morgan fingerprint density at radius 2 is 2.21 bits per heavy atom. The zero-order valence-corrected chi connectivity index (χ0v) is 13.8. The maximum absolute atomic E-state index is 13.4. The van der Waals surface area contributed by atoms with Gasteiger partial charge in [-0.3, -0.25) is 0 Å². The van der Waals surface area contributed by atoms with E-state index in [1.807, 2.05) is 12.1 Å². The van der Waals surface area contributed by atoms with Gasteiger partial charge in [0.1, 0.15) is 5.82 Å². The standard InChI is InChI=1S/C18H16FN3OS/c19-14-7-8-15-13(10-14)6-9-16-17(15)24-18(20-16)22(21-23)11-12-4-2-1-3-5-12/h1-2,6-10,12H,3-5,11H2/t12-/m1/s1. The molecule has 2 aromatic carbocycles. The number of hydrogen-bond acceptors (Lipinski definition) is 4. The zero-order chi connectivity index (χ0) is 16.5. The first-order valence-corrected chi connectivity index (χ1v) is 8.81. The van der Waals surface area contributed by atoms with E-state index in [4.69, 9.17) is 0 Å². The van der Waals surface area contributed by atoms with E-state index >= 15 is 0 Å². The summed E-state index contributed by atoms with van der Waals surface area (Å²) in [4.78, 5) is 15.9. The molecular weight excluding hydrogens is 325 g/mol. The van der Waals surface area contributed by atoms with Crippen molar-refractivity contribution in [1.82, 2.24) is 4.98 Å². The second-order valence-electron chi connectivity index (χ2n) is 6.09. The number of halogens is 1. The average Bonchev–Trinajstić information content (AvgIpc) is 3.04. The third kappa shape index (κ3) is 2.78. The Morgan fingerprint density at radius 1 is 1.29 bits per heavy atom. The summed E-state index contributed by atoms with van der Waals surface area (Å²) in [5, 5.41) is 7.04. The van der Waals surface area contributed by atoms with E-state index in [1.165, 1.54) is 28.5 Å². The van der Waals surface area contributed by atoms with Gasteiger partial charge in [-0.2, -0.15) is 0 Å². The summed E-state index contributed by atoms with van der Waals surface area (Å²) >= 11 is 1.43. The molecule has 0 N–H and O–H groups in total. The van der Waals surface area contributed by atoms with Crippen LogP contribution < -0.4 is 5.01 Å². The number of rotatable bonds is 4. The van der Waals surface area contributed by atoms with Crippen molar-refractivity contribution in [3.05, 3.63) is 53.2 Å². The van der Waals surface area contributed by atoms with Crippen LogP contribution in [0.3, 0.4) is 0 Å². The van der Waals surface area contributed by atoms with Crippen LogP contribution in [0.5, 0.6) is 0 Å². The number of nitrogens with zero attached hydrogens (tertiary/aromatic N) is 3. The summed E-state index contributed by atoms with van der Waals surface area (Å²) in [6.07, 6.45) is 7.43. The largest absolute Gasteiger partial charge is 0.218 e. The summed E-state index contributed by atoms with van der Waals surface area (Å²) in [7, 11) is 0. The van der Waals surface area contributed by atoms with Gasteiger partial charge in [-0.15, -0.1) is 4.91 Å². The molecule has 6 heteroatoms. The predicted octanol–water partition coefficient (Wildman–Crippen LogP) is 5.43. The quantitative estimate of drug-likeness (QED) is 0.361. The van der Waals surface area contributed by atoms with Crippen molar-refractivity contribution in [2.45, 2.75) is 19.3 Å². The van der Waals surface area contributed by atoms with Gasteiger partial charge in [0.15, 0.2) is 0 Å². The number of thiazole rings is 1. The predicted molar refractivity (Wildman–Crippen MR) is 96.7 cm³/mol. The molecule has 122 valence electrons. The highest BCUT2D eigenvalue weighted by molar-refractivity contribution is 7.23. The normalized spacial score (nSPS) is 17.5. The number of anilines is 1. The first kappa shape index (κ1) is 15.2. The fourth-order valence-corrected chi connectivity index (χ4v) is 4.25. The number of nitroso groups, excluding NO2 is 1. The second kappa shape index (κ2) is 6.28. The third-order valence-electron chi connectivity index (χ3n) is 4.45. The topological polar surface area (TPSA) is 45.6 Å². The van der Waals surface area contributed by atoms with E-state index in [0.29, 0.717) is 17.6 Å². The highest BCUT2D eigenvalue weighted by Crippen LogP contribution is 2.35. The Bertz CT molecular complexity index is 937. The Kier molecular flexibility index (Phi) is 3.98. The molecule has 0 radical (unpaired) electrons. The molecule has 4 rings (SSSR count). The SMILES string of the molecule is O=NN(C[C@@H]1CC=CCC1)c1nc2ccc3cc(F)ccc3c2s1. The van der Waals surface area contributed by atoms with Crippen molar-refractivity contribution in [3.8, 4) is 0 Å². The highest BCUT2D eigenvalue weighted by Gasteiger charge is 2.19. The van der Waals surface area contributed by atoms with Crippen LogP contribution in [0.4, 0.5) is 9.52 Å². The molecule has 1 heterocycles. The van der Waals surface area contributed by atoms with Gasteiger partial charge in [0.25, 0.3) is 0 Å². The van der Waals surface area contributed by atoms with Crippen LogP contribution in [0.1, 0.15) is 19.3 Å². The van der Waals surface area contributed by atoms with Gasteiger partial charge < -0.3 is 0 Å². The van der Waals surface area contributed by atoms with Crippen molar-refractivity contribution in [2.24, 2.45) is 11.2 Å². The van der Waals surface area contributed by atoms with E-state index < -0.39 is 0 Å². The van der Waals surface area contributed by atoms with E-state index in [0.717, 1.165) is 40.3 Å². The van der Waals surface area contributed by atoms with Gasteiger partial charge in [-0.05, 0) is 54.8 Å². The first-order valence-electron chi connectivity index (χ1n) is 7.99. The average molecular weight is 341 g/mol. The van der Waals surface area contributed by atoms with Crippen LogP contribution in [-0.4, -0.2) is 11.5 Å². The van der Waals surface area contributed by atoms with Crippen LogP contribution in [0.2, 0.25) is 0 Å². The molecule has 0 saturated heterocycles. The molecular formula is C18H16FN3OS. The number of hydrogen-bond donors (Lipinski definition) is 0. The molecule has 24 heavy (non-hydrogen) atoms. The lowest BCUT2D eigenvalue weighted by molar-refractivity contribution is 0.474. The molecule has 0 unspecified atom stereocenters. The molecule has 0 bridgehead atoms. The minimum atomic E-state index is -0.256. The van der Waals surface area contributed by atoms with Gasteiger partial charge in [0.05, 0.1) is 22.0 Å². The van der Waals surface area contributed by atoms with Crippen LogP contribution in [0.25, 0.3) is 21.0 Å². The molecule has 0 spiro atoms. The molecule has 4 nitrogen and oxygen atoms in total. The number of aromatic nitrogens is 1. The van der Waals surface area contributed by atoms with Crippen molar-refractivity contribution >= 4 is 37.5 Å². The summed E-state index contributed by atoms with van der Waals surface area (Å²) in [5.74, 6) is 0.165. The smallest absolute Gasteiger partial charge is 0.209 e. The number of benzene rings is 2. The third-order valence-corrected chi connectivity index (χ3v) is 5.57. The summed E-state index contributed by atoms with van der Waals surface area (Å²) in [6.45, 7) is 0.584. The van der Waals surface area contributed by atoms with Gasteiger partial charge in [0, 0.05) is 5.39 Å². The van der Waals surface area contributed by atoms with Crippen molar-refractivity contribution in [3.63, 3.8) is 0 Å². The maximum atomic E-state index is 13.4. The van der Waals surface area contributed by atoms with E-state index in [2.05, 4.69) is 22.4 Å². The van der Waals surface area contributed by atoms with Crippen LogP contribution in [-0.2, 0) is 0 Å². The van der Waals surface area contributed by atoms with E-state index in [-0.39, 0.29) is 5.82 Å². The summed E-state index contributed by atoms with van der Waals surface area (Å²) in [6, 6.07) is 8.45. The molecule has 0 fully saturated rings. The van der Waals surface area contributed by atoms with Crippen molar-refractivity contribution < 1.29 is 4.39 Å². The van der Waals surface area contributed by atoms with Crippen LogP contribution in [0, 0.1) is 16.6 Å². The lowest BCUT2D eigenvalue weighted by Crippen LogP contribution is -2.24. The van der Waals surface area contributed by atoms with Crippen LogP contribution >= 0.6 is 11.3 Å². The second-order valence-corrected chi connectivity index (χ2v) is 7.07. The highest BCUT2D eigenvalue weighted by atomic mass is 32.1. The zero-order valence-electron chi connectivity index (χ0n) is 13.0. The lowest BCUT2D eigenvalue weighted by atomic mass is 9.94. The first-order chi connectivity index (χ1) is 11.7. The minimum Gasteiger partial charge on any atom is -0.218 e. The van der Waals surface area contributed by atoms with Gasteiger partial charge in [-0.25, -0.2) is 14.4 Å². The van der Waals surface area contributed by atoms with Crippen LogP contribution in [0.15, 0.2) is 47.8 Å². The number of allylic oxidation sites excluding steroid dienone is 2. The Labute approximate surface area is 142 Å². The molecule has 1 atom stereocenters. The molecule has 1 aromatic heterocycles. The van der Waals surface area contributed by atoms with E-state index in [9.17, 15) is 9.30 Å².